The summed E-state index contributed by atoms with van der Waals surface area (Å²) >= 11 is 0. The summed E-state index contributed by atoms with van der Waals surface area (Å²) < 4.78 is 17.8. The molecule has 0 aliphatic rings. The number of Topliss-reactive ketones (excluding diaryl/α,β-unsaturated/α-hetero) is 1. The van der Waals surface area contributed by atoms with Gasteiger partial charge in [0.15, 0.2) is 5.78 Å². The van der Waals surface area contributed by atoms with Crippen LogP contribution in [0.1, 0.15) is 24.8 Å². The number of carbonyl (C=O) groups excluding carboxylic acids is 1. The topological polar surface area (TPSA) is 50.1 Å². The zero-order valence-electron chi connectivity index (χ0n) is 9.65. The molecule has 0 aliphatic heterocycles. The van der Waals surface area contributed by atoms with Gasteiger partial charge in [0.2, 0.25) is 0 Å². The highest BCUT2D eigenvalue weighted by atomic mass is 19.1. The van der Waals surface area contributed by atoms with E-state index < -0.39 is 5.92 Å². The van der Waals surface area contributed by atoms with Crippen molar-refractivity contribution in [2.24, 2.45) is 0 Å². The molecular weight excluding hydrogens is 221 g/mol. The highest BCUT2D eigenvalue weighted by Crippen LogP contribution is 2.18. The molecule has 0 saturated carbocycles. The van der Waals surface area contributed by atoms with Crippen molar-refractivity contribution in [1.29, 1.82) is 5.26 Å². The van der Waals surface area contributed by atoms with E-state index in [1.807, 2.05) is 13.0 Å². The lowest BCUT2D eigenvalue weighted by Crippen LogP contribution is -2.13. The minimum absolute atomic E-state index is 0.198. The maximum absolute atomic E-state index is 12.7. The molecule has 4 heteroatoms. The third-order valence-corrected chi connectivity index (χ3v) is 2.35. The van der Waals surface area contributed by atoms with Crippen molar-refractivity contribution < 1.29 is 13.9 Å². The minimum atomic E-state index is -0.837. The second kappa shape index (κ2) is 6.77. The first-order chi connectivity index (χ1) is 8.19. The summed E-state index contributed by atoms with van der Waals surface area (Å²) in [5.41, 5.74) is 0.524. The maximum atomic E-state index is 12.7. The Morgan fingerprint density at radius 1 is 1.47 bits per heavy atom. The minimum Gasteiger partial charge on any atom is -0.381 e. The molecule has 0 amide bonds. The molecule has 90 valence electrons. The van der Waals surface area contributed by atoms with E-state index >= 15 is 0 Å². The molecule has 0 aromatic heterocycles. The molecule has 0 saturated heterocycles. The quantitative estimate of drug-likeness (QED) is 0.711. The van der Waals surface area contributed by atoms with Gasteiger partial charge in [-0.1, -0.05) is 12.1 Å². The molecule has 0 heterocycles. The number of ketones is 1. The van der Waals surface area contributed by atoms with Gasteiger partial charge in [0.05, 0.1) is 12.7 Å². The molecule has 1 aromatic carbocycles. The summed E-state index contributed by atoms with van der Waals surface area (Å²) in [6.45, 7) is 2.70. The van der Waals surface area contributed by atoms with Crippen LogP contribution < -0.4 is 0 Å². The van der Waals surface area contributed by atoms with Crippen molar-refractivity contribution in [1.82, 2.24) is 0 Å². The van der Waals surface area contributed by atoms with E-state index in [-0.39, 0.29) is 18.0 Å². The van der Waals surface area contributed by atoms with E-state index in [2.05, 4.69) is 0 Å². The van der Waals surface area contributed by atoms with Gasteiger partial charge in [-0.05, 0) is 24.6 Å². The second-order valence-electron chi connectivity index (χ2n) is 3.53. The number of ether oxygens (including phenoxy) is 1. The predicted molar refractivity (Wildman–Crippen MR) is 60.9 cm³/mol. The lowest BCUT2D eigenvalue weighted by Gasteiger charge is -2.08. The molecule has 1 atom stereocenters. The van der Waals surface area contributed by atoms with E-state index in [4.69, 9.17) is 10.00 Å². The highest BCUT2D eigenvalue weighted by Gasteiger charge is 2.19. The standard InChI is InChI=1S/C13H14FNO2/c1-2-17-8-7-13(16)12(9-15)10-3-5-11(14)6-4-10/h3-6,12H,2,7-8H2,1H3. The maximum Gasteiger partial charge on any atom is 0.156 e. The van der Waals surface area contributed by atoms with Crippen molar-refractivity contribution in [2.75, 3.05) is 13.2 Å². The summed E-state index contributed by atoms with van der Waals surface area (Å²) in [6.07, 6.45) is 0.198. The third kappa shape index (κ3) is 3.97. The molecule has 0 aliphatic carbocycles. The Kier molecular flexibility index (Phi) is 5.31. The largest absolute Gasteiger partial charge is 0.381 e. The third-order valence-electron chi connectivity index (χ3n) is 2.35. The van der Waals surface area contributed by atoms with Crippen LogP contribution in [0.5, 0.6) is 0 Å². The summed E-state index contributed by atoms with van der Waals surface area (Å²) in [5, 5.41) is 8.97. The van der Waals surface area contributed by atoms with Gasteiger partial charge in [0.25, 0.3) is 0 Å². The number of nitriles is 1. The molecule has 0 fully saturated rings. The van der Waals surface area contributed by atoms with E-state index in [0.717, 1.165) is 0 Å². The van der Waals surface area contributed by atoms with Gasteiger partial charge in [0.1, 0.15) is 11.7 Å². The molecule has 1 rings (SSSR count). The number of carbonyl (C=O) groups is 1. The lowest BCUT2D eigenvalue weighted by molar-refractivity contribution is -0.120. The van der Waals surface area contributed by atoms with E-state index in [1.165, 1.54) is 24.3 Å². The van der Waals surface area contributed by atoms with Gasteiger partial charge in [-0.15, -0.1) is 0 Å². The number of hydrogen-bond donors (Lipinski definition) is 0. The monoisotopic (exact) mass is 235 g/mol. The van der Waals surface area contributed by atoms with Crippen LogP contribution in [-0.4, -0.2) is 19.0 Å². The number of nitrogens with zero attached hydrogens (tertiary/aromatic N) is 1. The number of hydrogen-bond acceptors (Lipinski definition) is 3. The first-order valence-electron chi connectivity index (χ1n) is 5.44. The Morgan fingerprint density at radius 2 is 2.12 bits per heavy atom. The summed E-state index contributed by atoms with van der Waals surface area (Å²) in [4.78, 5) is 11.7. The Morgan fingerprint density at radius 3 is 2.65 bits per heavy atom. The fourth-order valence-electron chi connectivity index (χ4n) is 1.45. The number of halogens is 1. The van der Waals surface area contributed by atoms with Crippen molar-refractivity contribution in [2.45, 2.75) is 19.3 Å². The van der Waals surface area contributed by atoms with Crippen LogP contribution in [0.4, 0.5) is 4.39 Å². The SMILES string of the molecule is CCOCCC(=O)C(C#N)c1ccc(F)cc1. The lowest BCUT2D eigenvalue weighted by atomic mass is 9.94. The van der Waals surface area contributed by atoms with Crippen LogP contribution in [0.25, 0.3) is 0 Å². The van der Waals surface area contributed by atoms with Gasteiger partial charge < -0.3 is 4.74 Å². The van der Waals surface area contributed by atoms with E-state index in [9.17, 15) is 9.18 Å². The van der Waals surface area contributed by atoms with Gasteiger partial charge in [-0.2, -0.15) is 5.26 Å². The van der Waals surface area contributed by atoms with Gasteiger partial charge in [0, 0.05) is 13.0 Å². The Hall–Kier alpha value is -1.73. The van der Waals surface area contributed by atoms with Crippen LogP contribution >= 0.6 is 0 Å². The average molecular weight is 235 g/mol. The molecule has 17 heavy (non-hydrogen) atoms. The summed E-state index contributed by atoms with van der Waals surface area (Å²) in [5.74, 6) is -1.42. The molecule has 1 aromatic rings. The van der Waals surface area contributed by atoms with Crippen molar-refractivity contribution in [3.8, 4) is 6.07 Å². The normalized spacial score (nSPS) is 11.8. The Balaban J connectivity index is 2.68. The first-order valence-corrected chi connectivity index (χ1v) is 5.44. The fraction of sp³-hybridized carbons (Fsp3) is 0.385. The summed E-state index contributed by atoms with van der Waals surface area (Å²) in [6, 6.07) is 7.35. The average Bonchev–Trinajstić information content (AvgIpc) is 2.33. The van der Waals surface area contributed by atoms with Gasteiger partial charge in [-0.25, -0.2) is 4.39 Å². The Bertz CT molecular complexity index is 408. The van der Waals surface area contributed by atoms with Crippen LogP contribution in [0, 0.1) is 17.1 Å². The molecular formula is C13H14FNO2. The smallest absolute Gasteiger partial charge is 0.156 e. The summed E-state index contributed by atoms with van der Waals surface area (Å²) in [7, 11) is 0. The van der Waals surface area contributed by atoms with Gasteiger partial charge >= 0.3 is 0 Å². The van der Waals surface area contributed by atoms with Crippen molar-refractivity contribution >= 4 is 5.78 Å². The van der Waals surface area contributed by atoms with Gasteiger partial charge in [-0.3, -0.25) is 4.79 Å². The van der Waals surface area contributed by atoms with Crippen LogP contribution in [0.3, 0.4) is 0 Å². The molecule has 0 radical (unpaired) electrons. The number of rotatable bonds is 6. The molecule has 0 bridgehead atoms. The highest BCUT2D eigenvalue weighted by molar-refractivity contribution is 5.88. The van der Waals surface area contributed by atoms with E-state index in [1.54, 1.807) is 0 Å². The van der Waals surface area contributed by atoms with Crippen molar-refractivity contribution in [3.05, 3.63) is 35.6 Å². The first kappa shape index (κ1) is 13.3. The van der Waals surface area contributed by atoms with E-state index in [0.29, 0.717) is 18.8 Å². The van der Waals surface area contributed by atoms with Crippen LogP contribution in [0.15, 0.2) is 24.3 Å². The van der Waals surface area contributed by atoms with Crippen LogP contribution in [0.2, 0.25) is 0 Å². The second-order valence-corrected chi connectivity index (χ2v) is 3.53. The molecule has 1 unspecified atom stereocenters. The molecule has 0 N–H and O–H groups in total. The number of benzene rings is 1. The zero-order chi connectivity index (χ0) is 12.7. The molecule has 0 spiro atoms. The molecule has 3 nitrogen and oxygen atoms in total. The van der Waals surface area contributed by atoms with Crippen LogP contribution in [-0.2, 0) is 9.53 Å². The zero-order valence-corrected chi connectivity index (χ0v) is 9.65. The predicted octanol–water partition coefficient (Wildman–Crippen LogP) is 2.43. The fourth-order valence-corrected chi connectivity index (χ4v) is 1.45. The Labute approximate surface area is 99.8 Å². The van der Waals surface area contributed by atoms with Crippen molar-refractivity contribution in [3.63, 3.8) is 0 Å².